The quantitative estimate of drug-likeness (QED) is 0.349. The predicted octanol–water partition coefficient (Wildman–Crippen LogP) is 5.62. The molecule has 3 aromatic rings. The maximum atomic E-state index is 12.4. The average Bonchev–Trinajstić information content (AvgIpc) is 3.18. The fourth-order valence-corrected chi connectivity index (χ4v) is 4.23. The van der Waals surface area contributed by atoms with Gasteiger partial charge < -0.3 is 15.7 Å². The van der Waals surface area contributed by atoms with E-state index in [0.29, 0.717) is 42.3 Å². The number of hydrogen-bond acceptors (Lipinski definition) is 6. The van der Waals surface area contributed by atoms with E-state index in [2.05, 4.69) is 20.6 Å². The molecule has 0 unspecified atom stereocenters. The molecular weight excluding hydrogens is 556 g/mol. The van der Waals surface area contributed by atoms with Crippen molar-refractivity contribution in [2.24, 2.45) is 4.99 Å². The number of hydrogen-bond donors (Lipinski definition) is 3. The Bertz CT molecular complexity index is 1440. The number of carbonyl (C=O) groups excluding carboxylic acids is 2. The number of amides is 2. The van der Waals surface area contributed by atoms with Gasteiger partial charge >= 0.3 is 12.1 Å². The van der Waals surface area contributed by atoms with Crippen LogP contribution in [-0.2, 0) is 9.59 Å². The predicted molar refractivity (Wildman–Crippen MR) is 137 cm³/mol. The number of nitrogens with one attached hydrogen (secondary N) is 2. The van der Waals surface area contributed by atoms with Crippen LogP contribution in [0.1, 0.15) is 15.9 Å². The third kappa shape index (κ3) is 7.00. The van der Waals surface area contributed by atoms with Crippen LogP contribution in [-0.4, -0.2) is 46.3 Å². The van der Waals surface area contributed by atoms with Gasteiger partial charge in [-0.15, -0.1) is 0 Å². The molecular formula is C23H15Cl2F3N4O4S. The van der Waals surface area contributed by atoms with Crippen molar-refractivity contribution >= 4 is 80.6 Å². The number of halogens is 5. The highest BCUT2D eigenvalue weighted by molar-refractivity contribution is 8.18. The monoisotopic (exact) mass is 570 g/mol. The fourth-order valence-electron chi connectivity index (χ4n) is 2.92. The molecule has 1 aliphatic heterocycles. The minimum Gasteiger partial charge on any atom is -0.475 e. The summed E-state index contributed by atoms with van der Waals surface area (Å²) in [5, 5.41) is 14.7. The molecule has 2 amide bonds. The Kier molecular flexibility index (Phi) is 8.79. The van der Waals surface area contributed by atoms with Gasteiger partial charge in [0.1, 0.15) is 0 Å². The zero-order valence-electron chi connectivity index (χ0n) is 18.6. The number of rotatable bonds is 3. The lowest BCUT2D eigenvalue weighted by Crippen LogP contribution is -2.21. The minimum atomic E-state index is -5.08. The van der Waals surface area contributed by atoms with Crippen LogP contribution in [0.5, 0.6) is 0 Å². The van der Waals surface area contributed by atoms with E-state index in [1.165, 1.54) is 11.8 Å². The van der Waals surface area contributed by atoms with Gasteiger partial charge in [-0.2, -0.15) is 18.2 Å². The van der Waals surface area contributed by atoms with Gasteiger partial charge in [-0.25, -0.2) is 4.79 Å². The Morgan fingerprint density at radius 3 is 2.35 bits per heavy atom. The first-order chi connectivity index (χ1) is 17.4. The van der Waals surface area contributed by atoms with Crippen LogP contribution < -0.4 is 10.6 Å². The van der Waals surface area contributed by atoms with Crippen molar-refractivity contribution < 1.29 is 32.7 Å². The zero-order valence-corrected chi connectivity index (χ0v) is 20.9. The number of alkyl halides is 3. The molecule has 0 saturated carbocycles. The van der Waals surface area contributed by atoms with Crippen LogP contribution in [0, 0.1) is 0 Å². The largest absolute Gasteiger partial charge is 0.490 e. The number of para-hydroxylation sites is 1. The van der Waals surface area contributed by atoms with Gasteiger partial charge in [-0.3, -0.25) is 14.6 Å². The summed E-state index contributed by atoms with van der Waals surface area (Å²) in [6, 6.07) is 12.2. The van der Waals surface area contributed by atoms with Crippen molar-refractivity contribution in [3.05, 3.63) is 74.7 Å². The molecule has 37 heavy (non-hydrogen) atoms. The van der Waals surface area contributed by atoms with Gasteiger partial charge in [0.15, 0.2) is 5.17 Å². The van der Waals surface area contributed by atoms with Crippen molar-refractivity contribution in [1.29, 1.82) is 0 Å². The van der Waals surface area contributed by atoms with Crippen molar-refractivity contribution in [1.82, 2.24) is 10.3 Å². The lowest BCUT2D eigenvalue weighted by molar-refractivity contribution is -0.192. The fraction of sp³-hybridized carbons (Fsp3) is 0.0870. The van der Waals surface area contributed by atoms with Gasteiger partial charge in [0, 0.05) is 18.6 Å². The summed E-state index contributed by atoms with van der Waals surface area (Å²) in [6.07, 6.45) is -1.77. The first-order valence-corrected chi connectivity index (χ1v) is 11.6. The first kappa shape index (κ1) is 28.0. The molecule has 0 radical (unpaired) electrons. The second-order valence-electron chi connectivity index (χ2n) is 7.07. The van der Waals surface area contributed by atoms with Crippen LogP contribution in [0.2, 0.25) is 10.0 Å². The average molecular weight is 571 g/mol. The van der Waals surface area contributed by atoms with E-state index in [1.54, 1.807) is 43.6 Å². The molecule has 1 aromatic heterocycles. The third-order valence-electron chi connectivity index (χ3n) is 4.59. The van der Waals surface area contributed by atoms with E-state index in [9.17, 15) is 22.8 Å². The van der Waals surface area contributed by atoms with E-state index >= 15 is 0 Å². The number of aliphatic imine (C=N–C) groups is 1. The van der Waals surface area contributed by atoms with Crippen molar-refractivity contribution in [3.63, 3.8) is 0 Å². The van der Waals surface area contributed by atoms with E-state index < -0.39 is 12.1 Å². The Labute approximate surface area is 221 Å². The highest BCUT2D eigenvalue weighted by atomic mass is 35.5. The van der Waals surface area contributed by atoms with Crippen LogP contribution in [0.25, 0.3) is 17.0 Å². The highest BCUT2D eigenvalue weighted by Crippen LogP contribution is 2.35. The second-order valence-corrected chi connectivity index (χ2v) is 8.92. The first-order valence-electron chi connectivity index (χ1n) is 10.0. The smallest absolute Gasteiger partial charge is 0.475 e. The Morgan fingerprint density at radius 1 is 1.11 bits per heavy atom. The number of carboxylic acid groups (broad SMARTS) is 1. The summed E-state index contributed by atoms with van der Waals surface area (Å²) in [5.74, 6) is -3.33. The molecule has 2 aromatic carbocycles. The number of carbonyl (C=O) groups is 3. The van der Waals surface area contributed by atoms with Gasteiger partial charge in [-0.1, -0.05) is 35.3 Å². The molecule has 0 saturated heterocycles. The maximum absolute atomic E-state index is 12.4. The standard InChI is InChI=1S/C21H14Cl2N4O2S.C2HF3O2/c1-24-19(28)12-7-8-25-16-6-5-11(9-13(12)16)10-17-20(29)27-21(30-17)26-18-14(22)3-2-4-15(18)23;3-2(4,5)1(6)7/h2-10H,1H3,(H,24,28)(H,26,27,29);(H,6,7)/b17-10-;. The summed E-state index contributed by atoms with van der Waals surface area (Å²) in [7, 11) is 1.57. The van der Waals surface area contributed by atoms with E-state index in [0.717, 1.165) is 5.56 Å². The van der Waals surface area contributed by atoms with Gasteiger partial charge in [-0.05, 0) is 53.7 Å². The number of anilines is 1. The Morgan fingerprint density at radius 2 is 1.76 bits per heavy atom. The topological polar surface area (TPSA) is 121 Å². The summed E-state index contributed by atoms with van der Waals surface area (Å²) in [6.45, 7) is 0. The number of amidine groups is 1. The molecule has 4 rings (SSSR count). The van der Waals surface area contributed by atoms with E-state index in [1.807, 2.05) is 18.2 Å². The van der Waals surface area contributed by atoms with Crippen molar-refractivity contribution in [2.75, 3.05) is 12.4 Å². The normalized spacial score (nSPS) is 14.2. The second kappa shape index (κ2) is 11.6. The van der Waals surface area contributed by atoms with Crippen LogP contribution in [0.15, 0.2) is 58.6 Å². The number of pyridine rings is 1. The Balaban J connectivity index is 0.000000479. The number of thioether (sulfide) groups is 1. The molecule has 2 heterocycles. The lowest BCUT2D eigenvalue weighted by atomic mass is 10.1. The minimum absolute atomic E-state index is 0.204. The van der Waals surface area contributed by atoms with Crippen LogP contribution in [0.4, 0.5) is 18.9 Å². The molecule has 0 aliphatic carbocycles. The molecule has 0 atom stereocenters. The summed E-state index contributed by atoms with van der Waals surface area (Å²) >= 11 is 13.5. The van der Waals surface area contributed by atoms with Gasteiger partial charge in [0.25, 0.3) is 11.8 Å². The molecule has 8 nitrogen and oxygen atoms in total. The number of benzene rings is 2. The molecule has 192 valence electrons. The van der Waals surface area contributed by atoms with E-state index in [-0.39, 0.29) is 11.8 Å². The van der Waals surface area contributed by atoms with Crippen molar-refractivity contribution in [2.45, 2.75) is 6.18 Å². The van der Waals surface area contributed by atoms with Crippen LogP contribution >= 0.6 is 35.0 Å². The molecule has 0 bridgehead atoms. The summed E-state index contributed by atoms with van der Waals surface area (Å²) < 4.78 is 31.7. The number of carboxylic acids is 1. The lowest BCUT2D eigenvalue weighted by Gasteiger charge is -2.08. The van der Waals surface area contributed by atoms with Gasteiger partial charge in [0.2, 0.25) is 0 Å². The molecule has 1 aliphatic rings. The number of nitrogens with zero attached hydrogens (tertiary/aromatic N) is 2. The van der Waals surface area contributed by atoms with Crippen molar-refractivity contribution in [3.8, 4) is 0 Å². The number of fused-ring (bicyclic) bond motifs is 1. The molecule has 14 heteroatoms. The third-order valence-corrected chi connectivity index (χ3v) is 6.12. The molecule has 0 spiro atoms. The number of aliphatic carboxylic acids is 1. The van der Waals surface area contributed by atoms with Gasteiger partial charge in [0.05, 0.1) is 31.7 Å². The Hall–Kier alpha value is -3.61. The maximum Gasteiger partial charge on any atom is 0.490 e. The molecule has 0 fully saturated rings. The summed E-state index contributed by atoms with van der Waals surface area (Å²) in [4.78, 5) is 42.2. The summed E-state index contributed by atoms with van der Waals surface area (Å²) in [5.41, 5.74) is 2.45. The van der Waals surface area contributed by atoms with E-state index in [4.69, 9.17) is 33.1 Å². The highest BCUT2D eigenvalue weighted by Gasteiger charge is 2.38. The number of aromatic nitrogens is 1. The SMILES string of the molecule is CNC(=O)c1ccnc2ccc(/C=C3\SC(Nc4c(Cl)cccc4Cl)=NC3=O)cc12.O=C(O)C(F)(F)F. The zero-order chi connectivity index (χ0) is 27.3. The van der Waals surface area contributed by atoms with Crippen LogP contribution in [0.3, 0.4) is 0 Å². The molecule has 3 N–H and O–H groups in total.